The van der Waals surface area contributed by atoms with Crippen LogP contribution >= 0.6 is 0 Å². The molecule has 0 spiro atoms. The van der Waals surface area contributed by atoms with Crippen LogP contribution < -0.4 is 5.32 Å². The maximum Gasteiger partial charge on any atom is 0.411 e. The van der Waals surface area contributed by atoms with Gasteiger partial charge in [0.2, 0.25) is 0 Å². The minimum absolute atomic E-state index is 0.0309. The van der Waals surface area contributed by atoms with Gasteiger partial charge >= 0.3 is 6.18 Å². The van der Waals surface area contributed by atoms with E-state index in [1.807, 2.05) is 6.92 Å². The lowest BCUT2D eigenvalue weighted by atomic mass is 10.1. The average Bonchev–Trinajstić information content (AvgIpc) is 2.37. The van der Waals surface area contributed by atoms with Crippen LogP contribution in [0.1, 0.15) is 18.9 Å². The van der Waals surface area contributed by atoms with Gasteiger partial charge in [-0.05, 0) is 37.1 Å². The zero-order valence-electron chi connectivity index (χ0n) is 11.3. The Kier molecular flexibility index (Phi) is 6.95. The molecule has 114 valence electrons. The van der Waals surface area contributed by atoms with Gasteiger partial charge in [-0.25, -0.2) is 4.39 Å². The first kappa shape index (κ1) is 16.9. The van der Waals surface area contributed by atoms with Gasteiger partial charge in [0.15, 0.2) is 0 Å². The van der Waals surface area contributed by atoms with Crippen LogP contribution in [0.25, 0.3) is 0 Å². The summed E-state index contributed by atoms with van der Waals surface area (Å²) in [5.74, 6) is -0.333. The summed E-state index contributed by atoms with van der Waals surface area (Å²) in [6.45, 7) is 1.39. The van der Waals surface area contributed by atoms with E-state index in [0.717, 1.165) is 12.0 Å². The number of halogens is 4. The molecule has 1 aromatic carbocycles. The zero-order chi connectivity index (χ0) is 15.0. The molecule has 0 saturated carbocycles. The molecule has 6 heteroatoms. The minimum Gasteiger partial charge on any atom is -0.370 e. The second-order valence-electron chi connectivity index (χ2n) is 4.61. The molecule has 0 aliphatic carbocycles. The van der Waals surface area contributed by atoms with Gasteiger partial charge in [-0.15, -0.1) is 0 Å². The predicted molar refractivity (Wildman–Crippen MR) is 69.1 cm³/mol. The van der Waals surface area contributed by atoms with Gasteiger partial charge in [0, 0.05) is 6.04 Å². The minimum atomic E-state index is -4.31. The topological polar surface area (TPSA) is 21.3 Å². The highest BCUT2D eigenvalue weighted by atomic mass is 19.4. The van der Waals surface area contributed by atoms with Crippen LogP contribution in [-0.2, 0) is 11.2 Å². The van der Waals surface area contributed by atoms with E-state index in [0.29, 0.717) is 13.0 Å². The van der Waals surface area contributed by atoms with E-state index in [1.54, 1.807) is 12.1 Å². The first-order valence-electron chi connectivity index (χ1n) is 6.53. The molecule has 0 aliphatic heterocycles. The van der Waals surface area contributed by atoms with Crippen molar-refractivity contribution in [1.82, 2.24) is 5.32 Å². The maximum absolute atomic E-state index is 12.8. The molecule has 0 bridgehead atoms. The van der Waals surface area contributed by atoms with E-state index >= 15 is 0 Å². The van der Waals surface area contributed by atoms with Crippen LogP contribution in [0.15, 0.2) is 24.3 Å². The van der Waals surface area contributed by atoms with Crippen molar-refractivity contribution in [1.29, 1.82) is 0 Å². The third-order valence-corrected chi connectivity index (χ3v) is 2.66. The Morgan fingerprint density at radius 1 is 1.20 bits per heavy atom. The summed E-state index contributed by atoms with van der Waals surface area (Å²) in [6, 6.07) is 5.70. The SMILES string of the molecule is CCCNC(COCC(F)(F)F)Cc1ccc(F)cc1. The summed E-state index contributed by atoms with van der Waals surface area (Å²) in [4.78, 5) is 0. The molecule has 0 amide bonds. The molecule has 1 atom stereocenters. The Labute approximate surface area is 116 Å². The Hall–Kier alpha value is -1.14. The summed E-state index contributed by atoms with van der Waals surface area (Å²) in [7, 11) is 0. The fourth-order valence-electron chi connectivity index (χ4n) is 1.76. The standard InChI is InChI=1S/C14H19F4NO/c1-2-7-19-13(9-20-10-14(16,17)18)8-11-3-5-12(15)6-4-11/h3-6,13,19H,2,7-10H2,1H3. The molecular formula is C14H19F4NO. The fourth-order valence-corrected chi connectivity index (χ4v) is 1.76. The number of ether oxygens (including phenoxy) is 1. The van der Waals surface area contributed by atoms with Crippen molar-refractivity contribution in [3.05, 3.63) is 35.6 Å². The lowest BCUT2D eigenvalue weighted by Crippen LogP contribution is -2.37. The molecule has 0 aliphatic rings. The van der Waals surface area contributed by atoms with E-state index in [-0.39, 0.29) is 18.5 Å². The predicted octanol–water partition coefficient (Wildman–Crippen LogP) is 3.32. The third kappa shape index (κ3) is 7.45. The first-order chi connectivity index (χ1) is 9.40. The Bertz CT molecular complexity index is 378. The van der Waals surface area contributed by atoms with Gasteiger partial charge in [0.05, 0.1) is 6.61 Å². The highest BCUT2D eigenvalue weighted by Crippen LogP contribution is 2.15. The van der Waals surface area contributed by atoms with Crippen molar-refractivity contribution < 1.29 is 22.3 Å². The molecule has 20 heavy (non-hydrogen) atoms. The number of hydrogen-bond acceptors (Lipinski definition) is 2. The van der Waals surface area contributed by atoms with E-state index in [9.17, 15) is 17.6 Å². The summed E-state index contributed by atoms with van der Waals surface area (Å²) >= 11 is 0. The van der Waals surface area contributed by atoms with E-state index in [4.69, 9.17) is 4.74 Å². The Morgan fingerprint density at radius 2 is 1.85 bits per heavy atom. The van der Waals surface area contributed by atoms with Crippen LogP contribution in [0, 0.1) is 5.82 Å². The summed E-state index contributed by atoms with van der Waals surface area (Å²) in [5.41, 5.74) is 0.857. The molecule has 0 fully saturated rings. The quantitative estimate of drug-likeness (QED) is 0.742. The number of hydrogen-bond donors (Lipinski definition) is 1. The Morgan fingerprint density at radius 3 is 2.40 bits per heavy atom. The number of nitrogens with one attached hydrogen (secondary N) is 1. The maximum atomic E-state index is 12.8. The molecule has 1 N–H and O–H groups in total. The third-order valence-electron chi connectivity index (χ3n) is 2.66. The molecule has 0 saturated heterocycles. The molecule has 1 rings (SSSR count). The smallest absolute Gasteiger partial charge is 0.370 e. The van der Waals surface area contributed by atoms with Crippen LogP contribution in [-0.4, -0.2) is 32.0 Å². The first-order valence-corrected chi connectivity index (χ1v) is 6.53. The number of rotatable bonds is 8. The number of alkyl halides is 3. The number of benzene rings is 1. The van der Waals surface area contributed by atoms with Gasteiger partial charge in [-0.2, -0.15) is 13.2 Å². The fraction of sp³-hybridized carbons (Fsp3) is 0.571. The lowest BCUT2D eigenvalue weighted by molar-refractivity contribution is -0.175. The lowest BCUT2D eigenvalue weighted by Gasteiger charge is -2.19. The van der Waals surface area contributed by atoms with Gasteiger partial charge in [0.25, 0.3) is 0 Å². The van der Waals surface area contributed by atoms with E-state index in [2.05, 4.69) is 5.32 Å². The van der Waals surface area contributed by atoms with Gasteiger partial charge < -0.3 is 10.1 Å². The monoisotopic (exact) mass is 293 g/mol. The van der Waals surface area contributed by atoms with E-state index in [1.165, 1.54) is 12.1 Å². The van der Waals surface area contributed by atoms with Crippen molar-refractivity contribution in [3.63, 3.8) is 0 Å². The van der Waals surface area contributed by atoms with Gasteiger partial charge in [-0.1, -0.05) is 19.1 Å². The molecular weight excluding hydrogens is 274 g/mol. The summed E-state index contributed by atoms with van der Waals surface area (Å²) in [5, 5.41) is 3.13. The largest absolute Gasteiger partial charge is 0.411 e. The molecule has 1 unspecified atom stereocenters. The normalized spacial score (nSPS) is 13.4. The molecule has 0 heterocycles. The molecule has 1 aromatic rings. The zero-order valence-corrected chi connectivity index (χ0v) is 11.3. The Balaban J connectivity index is 2.48. The van der Waals surface area contributed by atoms with Crippen molar-refractivity contribution in [2.24, 2.45) is 0 Å². The van der Waals surface area contributed by atoms with Crippen molar-refractivity contribution >= 4 is 0 Å². The van der Waals surface area contributed by atoms with Crippen LogP contribution in [0.4, 0.5) is 17.6 Å². The van der Waals surface area contributed by atoms with Crippen LogP contribution in [0.2, 0.25) is 0 Å². The average molecular weight is 293 g/mol. The molecule has 0 radical (unpaired) electrons. The molecule has 0 aromatic heterocycles. The summed E-state index contributed by atoms with van der Waals surface area (Å²) in [6.07, 6.45) is -2.94. The molecule has 2 nitrogen and oxygen atoms in total. The van der Waals surface area contributed by atoms with E-state index < -0.39 is 12.8 Å². The van der Waals surface area contributed by atoms with Crippen LogP contribution in [0.3, 0.4) is 0 Å². The van der Waals surface area contributed by atoms with Gasteiger partial charge in [-0.3, -0.25) is 0 Å². The van der Waals surface area contributed by atoms with Crippen molar-refractivity contribution in [3.8, 4) is 0 Å². The second-order valence-corrected chi connectivity index (χ2v) is 4.61. The van der Waals surface area contributed by atoms with Gasteiger partial charge in [0.1, 0.15) is 12.4 Å². The second kappa shape index (κ2) is 8.21. The van der Waals surface area contributed by atoms with Crippen molar-refractivity contribution in [2.45, 2.75) is 32.0 Å². The summed E-state index contributed by atoms with van der Waals surface area (Å²) < 4.78 is 53.6. The highest BCUT2D eigenvalue weighted by molar-refractivity contribution is 5.17. The highest BCUT2D eigenvalue weighted by Gasteiger charge is 2.27. The van der Waals surface area contributed by atoms with Crippen molar-refractivity contribution in [2.75, 3.05) is 19.8 Å². The van der Waals surface area contributed by atoms with Crippen LogP contribution in [0.5, 0.6) is 0 Å².